The van der Waals surface area contributed by atoms with Crippen LogP contribution < -0.4 is 10.6 Å². The largest absolute Gasteiger partial charge is 0.444 e. The zero-order valence-electron chi connectivity index (χ0n) is 13.3. The van der Waals surface area contributed by atoms with Crippen LogP contribution in [-0.2, 0) is 6.54 Å². The molecule has 2 N–H and O–H groups in total. The molecule has 0 saturated heterocycles. The number of nitrogens with zero attached hydrogens (tertiary/aromatic N) is 2. The number of rotatable bonds is 5. The Morgan fingerprint density at radius 1 is 1.30 bits per heavy atom. The Hall–Kier alpha value is -2.01. The quantitative estimate of drug-likeness (QED) is 0.336. The van der Waals surface area contributed by atoms with E-state index < -0.39 is 0 Å². The Labute approximate surface area is 154 Å². The van der Waals surface area contributed by atoms with E-state index in [4.69, 9.17) is 10.8 Å². The Morgan fingerprint density at radius 3 is 2.70 bits per heavy atom. The van der Waals surface area contributed by atoms with Crippen LogP contribution in [0.2, 0.25) is 0 Å². The van der Waals surface area contributed by atoms with E-state index in [1.807, 2.05) is 38.1 Å². The molecule has 1 aromatic heterocycles. The summed E-state index contributed by atoms with van der Waals surface area (Å²) < 4.78 is 5.51. The van der Waals surface area contributed by atoms with Crippen LogP contribution in [0.1, 0.15) is 18.2 Å². The number of aliphatic imine (C=N–C) groups is 1. The van der Waals surface area contributed by atoms with Gasteiger partial charge in [-0.25, -0.2) is 9.98 Å². The molecule has 2 aromatic rings. The molecule has 1 aromatic carbocycles. The summed E-state index contributed by atoms with van der Waals surface area (Å²) in [6.07, 6.45) is 6.86. The molecule has 0 bridgehead atoms. The fourth-order valence-electron chi connectivity index (χ4n) is 1.84. The van der Waals surface area contributed by atoms with E-state index in [0.717, 1.165) is 17.8 Å². The molecule has 0 atom stereocenters. The van der Waals surface area contributed by atoms with Gasteiger partial charge in [0.15, 0.2) is 5.96 Å². The number of aromatic nitrogens is 1. The average Bonchev–Trinajstić information content (AvgIpc) is 3.00. The van der Waals surface area contributed by atoms with E-state index in [1.165, 1.54) is 5.56 Å². The van der Waals surface area contributed by atoms with Crippen LogP contribution in [0.3, 0.4) is 0 Å². The summed E-state index contributed by atoms with van der Waals surface area (Å²) in [7, 11) is 0. The van der Waals surface area contributed by atoms with Crippen LogP contribution in [0.4, 0.5) is 0 Å². The highest BCUT2D eigenvalue weighted by atomic mass is 127. The van der Waals surface area contributed by atoms with Gasteiger partial charge >= 0.3 is 0 Å². The molecule has 1 heterocycles. The van der Waals surface area contributed by atoms with Gasteiger partial charge in [-0.05, 0) is 26.0 Å². The third-order valence-corrected chi connectivity index (χ3v) is 2.95. The number of oxazole rings is 1. The van der Waals surface area contributed by atoms with Gasteiger partial charge in [0, 0.05) is 12.1 Å². The zero-order chi connectivity index (χ0) is 15.8. The van der Waals surface area contributed by atoms with Crippen LogP contribution in [0.25, 0.3) is 11.5 Å². The first kappa shape index (κ1) is 19.0. The maximum Gasteiger partial charge on any atom is 0.226 e. The van der Waals surface area contributed by atoms with Gasteiger partial charge in [-0.2, -0.15) is 0 Å². The van der Waals surface area contributed by atoms with Crippen molar-refractivity contribution < 1.29 is 4.42 Å². The highest BCUT2D eigenvalue weighted by Gasteiger charge is 2.06. The van der Waals surface area contributed by atoms with Crippen molar-refractivity contribution in [1.29, 1.82) is 0 Å². The zero-order valence-corrected chi connectivity index (χ0v) is 15.6. The third-order valence-electron chi connectivity index (χ3n) is 2.95. The summed E-state index contributed by atoms with van der Waals surface area (Å²) in [4.78, 5) is 8.87. The van der Waals surface area contributed by atoms with Crippen molar-refractivity contribution in [2.45, 2.75) is 20.4 Å². The van der Waals surface area contributed by atoms with Gasteiger partial charge in [0.25, 0.3) is 0 Å². The van der Waals surface area contributed by atoms with Gasteiger partial charge in [-0.15, -0.1) is 30.4 Å². The fraction of sp³-hybridized carbons (Fsp3) is 0.294. The van der Waals surface area contributed by atoms with Crippen LogP contribution in [0.5, 0.6) is 0 Å². The van der Waals surface area contributed by atoms with Crippen molar-refractivity contribution in [3.8, 4) is 23.8 Å². The second-order valence-electron chi connectivity index (χ2n) is 4.76. The van der Waals surface area contributed by atoms with Gasteiger partial charge in [-0.3, -0.25) is 0 Å². The van der Waals surface area contributed by atoms with E-state index >= 15 is 0 Å². The van der Waals surface area contributed by atoms with Crippen molar-refractivity contribution >= 4 is 29.9 Å². The first-order chi connectivity index (χ1) is 10.7. The maximum absolute atomic E-state index is 5.51. The van der Waals surface area contributed by atoms with Crippen LogP contribution in [-0.4, -0.2) is 24.0 Å². The SMILES string of the molecule is C#CCNC(=NCc1coc(-c2ccc(C)cc2)n1)NCC.I. The predicted molar refractivity (Wildman–Crippen MR) is 104 cm³/mol. The maximum atomic E-state index is 5.51. The smallest absolute Gasteiger partial charge is 0.226 e. The standard InChI is InChI=1S/C17H20N4O.HI/c1-4-10-19-17(18-5-2)20-11-15-12-22-16(21-15)14-8-6-13(3)7-9-14;/h1,6-9,12H,5,10-11H2,2-3H3,(H2,18,19,20);1H. The second-order valence-corrected chi connectivity index (χ2v) is 4.76. The van der Waals surface area contributed by atoms with Gasteiger partial charge in [0.1, 0.15) is 12.0 Å². The van der Waals surface area contributed by atoms with Crippen molar-refractivity contribution in [1.82, 2.24) is 15.6 Å². The molecule has 0 spiro atoms. The molecule has 0 unspecified atom stereocenters. The van der Waals surface area contributed by atoms with Crippen molar-refractivity contribution in [2.75, 3.05) is 13.1 Å². The topological polar surface area (TPSA) is 62.5 Å². The number of terminal acetylenes is 1. The molecular formula is C17H21IN4O. The minimum atomic E-state index is 0. The molecule has 122 valence electrons. The number of halogens is 1. The molecule has 0 aliphatic carbocycles. The molecular weight excluding hydrogens is 403 g/mol. The lowest BCUT2D eigenvalue weighted by molar-refractivity contribution is 0.572. The van der Waals surface area contributed by atoms with E-state index in [9.17, 15) is 0 Å². The lowest BCUT2D eigenvalue weighted by Gasteiger charge is -2.07. The molecule has 0 radical (unpaired) electrons. The van der Waals surface area contributed by atoms with Crippen molar-refractivity contribution in [2.24, 2.45) is 4.99 Å². The normalized spacial score (nSPS) is 10.6. The molecule has 0 fully saturated rings. The Balaban J connectivity index is 0.00000264. The predicted octanol–water partition coefficient (Wildman–Crippen LogP) is 2.96. The first-order valence-corrected chi connectivity index (χ1v) is 7.20. The summed E-state index contributed by atoms with van der Waals surface area (Å²) in [6.45, 7) is 5.67. The number of hydrogen-bond acceptors (Lipinski definition) is 3. The lowest BCUT2D eigenvalue weighted by atomic mass is 10.1. The van der Waals surface area contributed by atoms with Crippen LogP contribution in [0.15, 0.2) is 39.9 Å². The molecule has 23 heavy (non-hydrogen) atoms. The van der Waals surface area contributed by atoms with Gasteiger partial charge in [0.2, 0.25) is 5.89 Å². The molecule has 2 rings (SSSR count). The number of benzene rings is 1. The van der Waals surface area contributed by atoms with Gasteiger partial charge < -0.3 is 15.1 Å². The summed E-state index contributed by atoms with van der Waals surface area (Å²) >= 11 is 0. The number of aryl methyl sites for hydroxylation is 1. The molecule has 5 nitrogen and oxygen atoms in total. The molecule has 0 aliphatic heterocycles. The number of nitrogens with one attached hydrogen (secondary N) is 2. The average molecular weight is 424 g/mol. The summed E-state index contributed by atoms with van der Waals surface area (Å²) in [5.74, 6) is 3.79. The molecule has 0 aliphatic rings. The summed E-state index contributed by atoms with van der Waals surface area (Å²) in [6, 6.07) is 8.05. The van der Waals surface area contributed by atoms with Crippen LogP contribution in [0, 0.1) is 19.3 Å². The molecule has 0 saturated carbocycles. The number of hydrogen-bond donors (Lipinski definition) is 2. The Morgan fingerprint density at radius 2 is 2.04 bits per heavy atom. The Bertz CT molecular complexity index is 671. The van der Waals surface area contributed by atoms with E-state index in [1.54, 1.807) is 6.26 Å². The lowest BCUT2D eigenvalue weighted by Crippen LogP contribution is -2.37. The van der Waals surface area contributed by atoms with Crippen LogP contribution >= 0.6 is 24.0 Å². The van der Waals surface area contributed by atoms with E-state index in [-0.39, 0.29) is 24.0 Å². The van der Waals surface area contributed by atoms with Gasteiger partial charge in [-0.1, -0.05) is 23.6 Å². The highest BCUT2D eigenvalue weighted by Crippen LogP contribution is 2.19. The van der Waals surface area contributed by atoms with Crippen molar-refractivity contribution in [3.63, 3.8) is 0 Å². The monoisotopic (exact) mass is 424 g/mol. The molecule has 0 amide bonds. The highest BCUT2D eigenvalue weighted by molar-refractivity contribution is 14.0. The van der Waals surface area contributed by atoms with Gasteiger partial charge in [0.05, 0.1) is 13.1 Å². The van der Waals surface area contributed by atoms with E-state index in [0.29, 0.717) is 24.9 Å². The minimum absolute atomic E-state index is 0. The third kappa shape index (κ3) is 5.94. The van der Waals surface area contributed by atoms with Crippen molar-refractivity contribution in [3.05, 3.63) is 41.8 Å². The summed E-state index contributed by atoms with van der Waals surface area (Å²) in [5, 5.41) is 6.15. The summed E-state index contributed by atoms with van der Waals surface area (Å²) in [5.41, 5.74) is 2.93. The minimum Gasteiger partial charge on any atom is -0.444 e. The second kappa shape index (κ2) is 9.90. The fourth-order valence-corrected chi connectivity index (χ4v) is 1.84. The first-order valence-electron chi connectivity index (χ1n) is 7.20. The van der Waals surface area contributed by atoms with E-state index in [2.05, 4.69) is 26.5 Å². The Kier molecular flexibility index (Phi) is 8.19. The molecule has 6 heteroatoms. The number of guanidine groups is 1.